The summed E-state index contributed by atoms with van der Waals surface area (Å²) < 4.78 is 0. The number of carboxylic acids is 2. The third-order valence-electron chi connectivity index (χ3n) is 12.1. The van der Waals surface area contributed by atoms with Gasteiger partial charge in [0, 0.05) is 19.3 Å². The molecule has 1 aliphatic rings. The van der Waals surface area contributed by atoms with Crippen LogP contribution in [-0.4, -0.2) is 171 Å². The fourth-order valence-electron chi connectivity index (χ4n) is 7.80. The minimum atomic E-state index is -1.81. The van der Waals surface area contributed by atoms with E-state index < -0.39 is 169 Å². The molecular weight excluding hydrogens is 1010 g/mol. The van der Waals surface area contributed by atoms with E-state index in [1.165, 1.54) is 13.8 Å². The standard InChI is InChI=1S/C50H71N11O16/c1-25(2)39(59-45(71)32(18-19-38(66)67)55-37(65)24-53-43(69)33(21-29-13-8-6-9-14-29)56-44(70)31-17-12-20-52-31)48(74)58-34(22-30-15-10-7-11-16-30)47(73)57-35(23-36(51)64)46(72)54-26(3)42(68)60-40(27(4)62)49(75)61-41(28(5)63)50(76)77/h6-11,13-16,25-28,31-35,39-41,52,62-63H,12,17-24H2,1-5H3,(H2,51,64)(H,53,69)(H,54,72)(H,55,65)(H,56,70)(H,57,73)(H,58,74)(H,59,71)(H,60,68)(H,61,75)(H,66,67)(H,76,77)/t26-,27+,28+,31-,32-,33-,34-,35-,39-,40-,41-/m0/s1. The van der Waals surface area contributed by atoms with Crippen LogP contribution in [0.4, 0.5) is 0 Å². The minimum absolute atomic E-state index is 0.0797. The largest absolute Gasteiger partial charge is 0.481 e. The van der Waals surface area contributed by atoms with Crippen molar-refractivity contribution in [3.05, 3.63) is 71.8 Å². The first kappa shape index (κ1) is 63.3. The van der Waals surface area contributed by atoms with E-state index in [-0.39, 0.29) is 12.8 Å². The summed E-state index contributed by atoms with van der Waals surface area (Å²) in [7, 11) is 0. The predicted octanol–water partition coefficient (Wildman–Crippen LogP) is -4.52. The molecule has 77 heavy (non-hydrogen) atoms. The molecule has 1 heterocycles. The second-order valence-electron chi connectivity index (χ2n) is 18.9. The van der Waals surface area contributed by atoms with Crippen LogP contribution >= 0.6 is 0 Å². The highest BCUT2D eigenvalue weighted by atomic mass is 16.4. The van der Waals surface area contributed by atoms with Gasteiger partial charge in [-0.2, -0.15) is 0 Å². The van der Waals surface area contributed by atoms with Crippen molar-refractivity contribution in [1.29, 1.82) is 0 Å². The summed E-state index contributed by atoms with van der Waals surface area (Å²) in [6, 6.07) is 3.82. The number of carbonyl (C=O) groups excluding carboxylic acids is 10. The quantitative estimate of drug-likeness (QED) is 0.0338. The van der Waals surface area contributed by atoms with Gasteiger partial charge in [0.15, 0.2) is 6.04 Å². The Kier molecular flexibility index (Phi) is 25.6. The van der Waals surface area contributed by atoms with Crippen molar-refractivity contribution in [3.8, 4) is 0 Å². The van der Waals surface area contributed by atoms with Crippen LogP contribution in [0.1, 0.15) is 77.8 Å². The van der Waals surface area contributed by atoms with E-state index in [0.717, 1.165) is 27.2 Å². The summed E-state index contributed by atoms with van der Waals surface area (Å²) in [4.78, 5) is 157. The van der Waals surface area contributed by atoms with Gasteiger partial charge in [0.2, 0.25) is 59.1 Å². The monoisotopic (exact) mass is 1080 g/mol. The van der Waals surface area contributed by atoms with E-state index in [1.54, 1.807) is 60.7 Å². The van der Waals surface area contributed by atoms with Gasteiger partial charge in [-0.05, 0) is 63.6 Å². The van der Waals surface area contributed by atoms with Crippen LogP contribution in [0.2, 0.25) is 0 Å². The molecule has 16 N–H and O–H groups in total. The van der Waals surface area contributed by atoms with Gasteiger partial charge >= 0.3 is 11.9 Å². The van der Waals surface area contributed by atoms with Gasteiger partial charge in [0.25, 0.3) is 0 Å². The Labute approximate surface area is 443 Å². The van der Waals surface area contributed by atoms with Crippen molar-refractivity contribution in [2.75, 3.05) is 13.1 Å². The number of nitrogens with one attached hydrogen (secondary N) is 10. The number of benzene rings is 2. The number of primary amides is 1. The SMILES string of the molecule is CC(C)[C@H](NC(=O)[C@H](CCC(=O)O)NC(=O)CNC(=O)[C@H](Cc1ccccc1)NC(=O)[C@@H]1CCCN1)C(=O)N[C@@H](Cc1ccccc1)C(=O)N[C@@H](CC(N)=O)C(=O)N[C@@H](C)C(=O)N[C@H](C(=O)N[C@H](C(=O)O)[C@@H](C)O)[C@@H](C)O. The number of nitrogens with two attached hydrogens (primary N) is 1. The molecule has 27 nitrogen and oxygen atoms in total. The number of rotatable bonds is 31. The maximum absolute atomic E-state index is 14.1. The minimum Gasteiger partial charge on any atom is -0.481 e. The molecule has 2 aromatic rings. The Morgan fingerprint density at radius 3 is 1.56 bits per heavy atom. The van der Waals surface area contributed by atoms with Crippen LogP contribution in [0, 0.1) is 5.92 Å². The van der Waals surface area contributed by atoms with Gasteiger partial charge in [-0.3, -0.25) is 52.7 Å². The first-order valence-electron chi connectivity index (χ1n) is 24.9. The lowest BCUT2D eigenvalue weighted by Gasteiger charge is -2.28. The van der Waals surface area contributed by atoms with Gasteiger partial charge in [0.1, 0.15) is 42.3 Å². The van der Waals surface area contributed by atoms with E-state index >= 15 is 0 Å². The molecule has 10 amide bonds. The number of amides is 10. The molecule has 0 spiro atoms. The molecule has 0 unspecified atom stereocenters. The summed E-state index contributed by atoms with van der Waals surface area (Å²) in [5, 5.41) is 63.3. The highest BCUT2D eigenvalue weighted by Crippen LogP contribution is 2.11. The highest BCUT2D eigenvalue weighted by Gasteiger charge is 2.37. The molecule has 0 bridgehead atoms. The molecule has 2 aromatic carbocycles. The van der Waals surface area contributed by atoms with Gasteiger partial charge in [-0.15, -0.1) is 0 Å². The van der Waals surface area contributed by atoms with E-state index in [1.807, 2.05) is 5.32 Å². The maximum Gasteiger partial charge on any atom is 0.328 e. The highest BCUT2D eigenvalue weighted by molar-refractivity contribution is 5.99. The summed E-state index contributed by atoms with van der Waals surface area (Å²) in [6.07, 6.45) is -3.95. The summed E-state index contributed by atoms with van der Waals surface area (Å²) in [5.41, 5.74) is 6.63. The Bertz CT molecular complexity index is 2400. The number of carbonyl (C=O) groups is 12. The molecule has 0 saturated carbocycles. The molecule has 0 aliphatic carbocycles. The lowest BCUT2D eigenvalue weighted by Crippen LogP contribution is -2.62. The van der Waals surface area contributed by atoms with E-state index in [0.29, 0.717) is 24.1 Å². The number of carboxylic acid groups (broad SMARTS) is 2. The van der Waals surface area contributed by atoms with E-state index in [9.17, 15) is 78.0 Å². The van der Waals surface area contributed by atoms with Crippen molar-refractivity contribution in [3.63, 3.8) is 0 Å². The van der Waals surface area contributed by atoms with Crippen molar-refractivity contribution >= 4 is 71.0 Å². The molecule has 0 aromatic heterocycles. The summed E-state index contributed by atoms with van der Waals surface area (Å²) in [6.45, 7) is 6.32. The molecule has 0 radical (unpaired) electrons. The second kappa shape index (κ2) is 31.1. The third kappa shape index (κ3) is 21.6. The number of aliphatic carboxylic acids is 2. The maximum atomic E-state index is 14.1. The lowest BCUT2D eigenvalue weighted by atomic mass is 9.99. The Morgan fingerprint density at radius 2 is 1.06 bits per heavy atom. The first-order valence-corrected chi connectivity index (χ1v) is 24.9. The van der Waals surface area contributed by atoms with E-state index in [4.69, 9.17) is 5.73 Å². The zero-order chi connectivity index (χ0) is 57.5. The van der Waals surface area contributed by atoms with Gasteiger partial charge in [-0.1, -0.05) is 74.5 Å². The number of hydrogen-bond donors (Lipinski definition) is 15. The Balaban J connectivity index is 1.78. The number of hydrogen-bond acceptors (Lipinski definition) is 15. The fourth-order valence-corrected chi connectivity index (χ4v) is 7.80. The van der Waals surface area contributed by atoms with E-state index in [2.05, 4.69) is 47.9 Å². The molecule has 422 valence electrons. The van der Waals surface area contributed by atoms with Gasteiger partial charge < -0.3 is 79.3 Å². The zero-order valence-corrected chi connectivity index (χ0v) is 43.3. The lowest BCUT2D eigenvalue weighted by molar-refractivity contribution is -0.146. The van der Waals surface area contributed by atoms with Crippen molar-refractivity contribution in [1.82, 2.24) is 53.2 Å². The molecule has 1 saturated heterocycles. The van der Waals surface area contributed by atoms with Crippen molar-refractivity contribution in [2.24, 2.45) is 11.7 Å². The van der Waals surface area contributed by atoms with Crippen molar-refractivity contribution < 1.29 is 78.0 Å². The molecule has 1 aliphatic heterocycles. The van der Waals surface area contributed by atoms with Crippen LogP contribution in [0.3, 0.4) is 0 Å². The van der Waals surface area contributed by atoms with Crippen LogP contribution in [0.25, 0.3) is 0 Å². The molecule has 11 atom stereocenters. The third-order valence-corrected chi connectivity index (χ3v) is 12.1. The van der Waals surface area contributed by atoms with Crippen LogP contribution in [0.15, 0.2) is 60.7 Å². The molecule has 3 rings (SSSR count). The molecule has 27 heteroatoms. The van der Waals surface area contributed by atoms with Crippen LogP contribution in [0.5, 0.6) is 0 Å². The topological polar surface area (TPSA) is 432 Å². The zero-order valence-electron chi connectivity index (χ0n) is 43.3. The molecular formula is C50H71N11O16. The summed E-state index contributed by atoms with van der Waals surface area (Å²) >= 11 is 0. The summed E-state index contributed by atoms with van der Waals surface area (Å²) in [5.74, 6) is -13.3. The number of aliphatic hydroxyl groups excluding tert-OH is 2. The van der Waals surface area contributed by atoms with Gasteiger partial charge in [-0.25, -0.2) is 4.79 Å². The predicted molar refractivity (Wildman–Crippen MR) is 272 cm³/mol. The van der Waals surface area contributed by atoms with Gasteiger partial charge in [0.05, 0.1) is 31.2 Å². The fraction of sp³-hybridized carbons (Fsp3) is 0.520. The Hall–Kier alpha value is -8.04. The van der Waals surface area contributed by atoms with Crippen molar-refractivity contribution in [2.45, 2.75) is 146 Å². The molecule has 1 fully saturated rings. The first-order chi connectivity index (χ1) is 36.3. The normalized spacial score (nSPS) is 16.9. The van der Waals surface area contributed by atoms with Crippen LogP contribution < -0.4 is 58.9 Å². The van der Waals surface area contributed by atoms with Crippen LogP contribution in [-0.2, 0) is 70.4 Å². The second-order valence-corrected chi connectivity index (χ2v) is 18.9. The number of aliphatic hydroxyl groups is 2. The smallest absolute Gasteiger partial charge is 0.328 e. The Morgan fingerprint density at radius 1 is 0.571 bits per heavy atom. The average molecular weight is 1080 g/mol. The average Bonchev–Trinajstić information content (AvgIpc) is 3.92.